The van der Waals surface area contributed by atoms with Crippen LogP contribution in [-0.2, 0) is 17.6 Å². The first-order valence-corrected chi connectivity index (χ1v) is 6.78. The zero-order valence-electron chi connectivity index (χ0n) is 11.7. The number of rotatable bonds is 3. The van der Waals surface area contributed by atoms with Gasteiger partial charge in [0.15, 0.2) is 0 Å². The molecule has 1 fully saturated rings. The molecule has 2 rings (SSSR count). The summed E-state index contributed by atoms with van der Waals surface area (Å²) in [6.07, 6.45) is 1.57. The van der Waals surface area contributed by atoms with Crippen LogP contribution < -0.4 is 5.32 Å². The average molecular weight is 283 g/mol. The fraction of sp³-hybridized carbons (Fsp3) is 0.533. The number of halogens is 1. The summed E-state index contributed by atoms with van der Waals surface area (Å²) < 4.78 is 0. The van der Waals surface area contributed by atoms with E-state index in [9.17, 15) is 4.79 Å². The summed E-state index contributed by atoms with van der Waals surface area (Å²) in [6, 6.07) is 8.68. The van der Waals surface area contributed by atoms with Crippen LogP contribution in [0.25, 0.3) is 0 Å². The van der Waals surface area contributed by atoms with Crippen LogP contribution in [0.5, 0.6) is 0 Å². The number of nitrogens with one attached hydrogen (secondary N) is 1. The van der Waals surface area contributed by atoms with Crippen molar-refractivity contribution in [3.8, 4) is 0 Å². The second-order valence-electron chi connectivity index (χ2n) is 4.99. The summed E-state index contributed by atoms with van der Waals surface area (Å²) in [6.45, 7) is 6.88. The van der Waals surface area contributed by atoms with Crippen LogP contribution in [-0.4, -0.2) is 36.5 Å². The Morgan fingerprint density at radius 1 is 1.32 bits per heavy atom. The number of hydrogen-bond donors (Lipinski definition) is 1. The molecular weight excluding hydrogens is 260 g/mol. The topological polar surface area (TPSA) is 32.3 Å². The molecule has 0 aromatic heterocycles. The van der Waals surface area contributed by atoms with Crippen molar-refractivity contribution in [2.24, 2.45) is 0 Å². The second-order valence-corrected chi connectivity index (χ2v) is 4.99. The maximum atomic E-state index is 12.2. The highest BCUT2D eigenvalue weighted by molar-refractivity contribution is 5.85. The van der Waals surface area contributed by atoms with E-state index >= 15 is 0 Å². The largest absolute Gasteiger partial charge is 0.337 e. The molecule has 0 aliphatic carbocycles. The van der Waals surface area contributed by atoms with Gasteiger partial charge in [-0.2, -0.15) is 0 Å². The molecule has 1 N–H and O–H groups in total. The van der Waals surface area contributed by atoms with E-state index in [1.54, 1.807) is 0 Å². The van der Waals surface area contributed by atoms with Crippen molar-refractivity contribution in [3.05, 3.63) is 35.4 Å². The molecule has 1 heterocycles. The Morgan fingerprint density at radius 2 is 1.95 bits per heavy atom. The summed E-state index contributed by atoms with van der Waals surface area (Å²) in [5.41, 5.74) is 2.43. The number of piperazine rings is 1. The van der Waals surface area contributed by atoms with E-state index in [0.717, 1.165) is 31.6 Å². The van der Waals surface area contributed by atoms with E-state index in [-0.39, 0.29) is 18.3 Å². The van der Waals surface area contributed by atoms with E-state index in [2.05, 4.69) is 43.4 Å². The van der Waals surface area contributed by atoms with E-state index in [0.29, 0.717) is 12.5 Å². The zero-order valence-corrected chi connectivity index (χ0v) is 12.5. The van der Waals surface area contributed by atoms with E-state index in [4.69, 9.17) is 0 Å². The molecule has 1 unspecified atom stereocenters. The van der Waals surface area contributed by atoms with Crippen LogP contribution in [0.2, 0.25) is 0 Å². The lowest BCUT2D eigenvalue weighted by Gasteiger charge is -2.34. The molecular formula is C15H23ClN2O. The van der Waals surface area contributed by atoms with Gasteiger partial charge in [0, 0.05) is 25.7 Å². The molecule has 1 aromatic carbocycles. The predicted octanol–water partition coefficient (Wildman–Crippen LogP) is 2.03. The van der Waals surface area contributed by atoms with Crippen molar-refractivity contribution < 1.29 is 4.79 Å². The van der Waals surface area contributed by atoms with Crippen LogP contribution in [0.3, 0.4) is 0 Å². The number of carbonyl (C=O) groups is 1. The summed E-state index contributed by atoms with van der Waals surface area (Å²) in [5, 5.41) is 3.30. The minimum Gasteiger partial charge on any atom is -0.337 e. The average Bonchev–Trinajstić information content (AvgIpc) is 2.40. The Balaban J connectivity index is 0.00000180. The Hall–Kier alpha value is -1.06. The lowest BCUT2D eigenvalue weighted by Crippen LogP contribution is -2.52. The van der Waals surface area contributed by atoms with E-state index in [1.165, 1.54) is 5.56 Å². The van der Waals surface area contributed by atoms with Crippen molar-refractivity contribution in [2.75, 3.05) is 19.6 Å². The number of aryl methyl sites for hydroxylation is 1. The van der Waals surface area contributed by atoms with Gasteiger partial charge >= 0.3 is 0 Å². The molecule has 0 radical (unpaired) electrons. The maximum absolute atomic E-state index is 12.2. The molecule has 0 saturated carbocycles. The fourth-order valence-electron chi connectivity index (χ4n) is 2.38. The summed E-state index contributed by atoms with van der Waals surface area (Å²) in [4.78, 5) is 14.2. The molecule has 1 aromatic rings. The maximum Gasteiger partial charge on any atom is 0.227 e. The lowest BCUT2D eigenvalue weighted by molar-refractivity contribution is -0.133. The highest BCUT2D eigenvalue weighted by atomic mass is 35.5. The third kappa shape index (κ3) is 4.22. The predicted molar refractivity (Wildman–Crippen MR) is 80.8 cm³/mol. The van der Waals surface area contributed by atoms with Crippen molar-refractivity contribution in [1.82, 2.24) is 10.2 Å². The Morgan fingerprint density at radius 3 is 2.53 bits per heavy atom. The molecule has 1 aliphatic rings. The number of carbonyl (C=O) groups excluding carboxylic acids is 1. The van der Waals surface area contributed by atoms with E-state index < -0.39 is 0 Å². The van der Waals surface area contributed by atoms with Gasteiger partial charge in [-0.05, 0) is 24.5 Å². The number of nitrogens with zero attached hydrogens (tertiary/aromatic N) is 1. The minimum atomic E-state index is 0. The Labute approximate surface area is 121 Å². The van der Waals surface area contributed by atoms with Crippen LogP contribution in [0, 0.1) is 0 Å². The summed E-state index contributed by atoms with van der Waals surface area (Å²) in [5.74, 6) is 0.244. The van der Waals surface area contributed by atoms with Gasteiger partial charge < -0.3 is 10.2 Å². The van der Waals surface area contributed by atoms with Gasteiger partial charge in [0.25, 0.3) is 0 Å². The normalized spacial score (nSPS) is 18.8. The molecule has 4 heteroatoms. The third-order valence-corrected chi connectivity index (χ3v) is 3.61. The zero-order chi connectivity index (χ0) is 13.0. The van der Waals surface area contributed by atoms with E-state index in [1.807, 2.05) is 4.90 Å². The van der Waals surface area contributed by atoms with Crippen LogP contribution in [0.4, 0.5) is 0 Å². The summed E-state index contributed by atoms with van der Waals surface area (Å²) in [7, 11) is 0. The SMILES string of the molecule is CCc1ccc(CC(=O)N2CCNCC2C)cc1.Cl. The molecule has 1 amide bonds. The molecule has 0 spiro atoms. The van der Waals surface area contributed by atoms with Gasteiger partial charge in [-0.1, -0.05) is 31.2 Å². The van der Waals surface area contributed by atoms with Gasteiger partial charge in [-0.25, -0.2) is 0 Å². The first-order valence-electron chi connectivity index (χ1n) is 6.78. The van der Waals surface area contributed by atoms with Crippen LogP contribution in [0.1, 0.15) is 25.0 Å². The molecule has 0 bridgehead atoms. The number of benzene rings is 1. The third-order valence-electron chi connectivity index (χ3n) is 3.61. The van der Waals surface area contributed by atoms with Gasteiger partial charge in [0.2, 0.25) is 5.91 Å². The van der Waals surface area contributed by atoms with Gasteiger partial charge in [0.1, 0.15) is 0 Å². The van der Waals surface area contributed by atoms with Gasteiger partial charge in [-0.3, -0.25) is 4.79 Å². The Kier molecular flexibility index (Phi) is 6.32. The van der Waals surface area contributed by atoms with Crippen molar-refractivity contribution in [3.63, 3.8) is 0 Å². The second kappa shape index (κ2) is 7.51. The monoisotopic (exact) mass is 282 g/mol. The highest BCUT2D eigenvalue weighted by Crippen LogP contribution is 2.10. The van der Waals surface area contributed by atoms with Gasteiger partial charge in [0.05, 0.1) is 6.42 Å². The van der Waals surface area contributed by atoms with Crippen LogP contribution >= 0.6 is 12.4 Å². The summed E-state index contributed by atoms with van der Waals surface area (Å²) >= 11 is 0. The standard InChI is InChI=1S/C15H22N2O.ClH/c1-3-13-4-6-14(7-5-13)10-15(18)17-9-8-16-11-12(17)2;/h4-7,12,16H,3,8-11H2,1-2H3;1H. The van der Waals surface area contributed by atoms with Crippen LogP contribution in [0.15, 0.2) is 24.3 Å². The molecule has 19 heavy (non-hydrogen) atoms. The minimum absolute atomic E-state index is 0. The lowest BCUT2D eigenvalue weighted by atomic mass is 10.1. The van der Waals surface area contributed by atoms with Crippen molar-refractivity contribution in [2.45, 2.75) is 32.7 Å². The molecule has 106 valence electrons. The molecule has 1 saturated heterocycles. The van der Waals surface area contributed by atoms with Gasteiger partial charge in [-0.15, -0.1) is 12.4 Å². The quantitative estimate of drug-likeness (QED) is 0.920. The first-order chi connectivity index (χ1) is 8.70. The molecule has 3 nitrogen and oxygen atoms in total. The first kappa shape index (κ1) is 16.0. The Bertz CT molecular complexity index is 405. The molecule has 1 aliphatic heterocycles. The smallest absolute Gasteiger partial charge is 0.227 e. The number of amides is 1. The van der Waals surface area contributed by atoms with Crippen molar-refractivity contribution in [1.29, 1.82) is 0 Å². The highest BCUT2D eigenvalue weighted by Gasteiger charge is 2.22. The molecule has 1 atom stereocenters. The fourth-order valence-corrected chi connectivity index (χ4v) is 2.38. The number of hydrogen-bond acceptors (Lipinski definition) is 2. The van der Waals surface area contributed by atoms with Crippen molar-refractivity contribution >= 4 is 18.3 Å².